The highest BCUT2D eigenvalue weighted by atomic mass is 32.2. The lowest BCUT2D eigenvalue weighted by molar-refractivity contribution is 0.602. The Hall–Kier alpha value is -1.95. The van der Waals surface area contributed by atoms with Gasteiger partial charge in [-0.3, -0.25) is 0 Å². The van der Waals surface area contributed by atoms with Gasteiger partial charge in [0.1, 0.15) is 6.33 Å². The molecule has 1 aromatic carbocycles. The van der Waals surface area contributed by atoms with Gasteiger partial charge in [-0.05, 0) is 24.3 Å². The lowest BCUT2D eigenvalue weighted by atomic mass is 10.3. The highest BCUT2D eigenvalue weighted by Crippen LogP contribution is 2.15. The number of anilines is 1. The minimum absolute atomic E-state index is 0.301. The number of nitrogens with zero attached hydrogens (tertiary/aromatic N) is 2. The molecule has 0 spiro atoms. The van der Waals surface area contributed by atoms with Gasteiger partial charge in [0.15, 0.2) is 9.84 Å². The third-order valence-electron chi connectivity index (χ3n) is 2.38. The predicted molar refractivity (Wildman–Crippen MR) is 68.9 cm³/mol. The molecule has 0 bridgehead atoms. The van der Waals surface area contributed by atoms with Crippen molar-refractivity contribution in [2.24, 2.45) is 0 Å². The quantitative estimate of drug-likeness (QED) is 0.905. The van der Waals surface area contributed by atoms with Gasteiger partial charge in [0.25, 0.3) is 0 Å². The second kappa shape index (κ2) is 5.14. The average molecular weight is 263 g/mol. The summed E-state index contributed by atoms with van der Waals surface area (Å²) >= 11 is 0. The predicted octanol–water partition coefficient (Wildman–Crippen LogP) is 1.49. The molecule has 6 heteroatoms. The minimum Gasteiger partial charge on any atom is -0.379 e. The van der Waals surface area contributed by atoms with Crippen molar-refractivity contribution in [1.82, 2.24) is 9.97 Å². The summed E-state index contributed by atoms with van der Waals surface area (Å²) in [6.45, 7) is 0.524. The molecule has 94 valence electrons. The summed E-state index contributed by atoms with van der Waals surface area (Å²) in [5.41, 5.74) is 1.59. The molecule has 0 atom stereocenters. The molecule has 0 aliphatic heterocycles. The molecule has 1 heterocycles. The van der Waals surface area contributed by atoms with Gasteiger partial charge < -0.3 is 5.32 Å². The number of aromatic nitrogens is 2. The van der Waals surface area contributed by atoms with Crippen molar-refractivity contribution < 1.29 is 8.42 Å². The first-order valence-electron chi connectivity index (χ1n) is 5.34. The molecule has 1 N–H and O–H groups in total. The van der Waals surface area contributed by atoms with Crippen LogP contribution in [-0.4, -0.2) is 24.6 Å². The van der Waals surface area contributed by atoms with Gasteiger partial charge >= 0.3 is 0 Å². The first kappa shape index (κ1) is 12.5. The molecule has 0 unspecified atom stereocenters. The van der Waals surface area contributed by atoms with E-state index in [1.807, 2.05) is 6.07 Å². The fourth-order valence-electron chi connectivity index (χ4n) is 1.45. The molecule has 18 heavy (non-hydrogen) atoms. The Balaban J connectivity index is 2.11. The van der Waals surface area contributed by atoms with Gasteiger partial charge in [-0.25, -0.2) is 18.4 Å². The normalized spacial score (nSPS) is 11.2. The highest BCUT2D eigenvalue weighted by molar-refractivity contribution is 7.90. The Bertz CT molecular complexity index is 627. The van der Waals surface area contributed by atoms with Crippen molar-refractivity contribution in [3.05, 3.63) is 48.5 Å². The monoisotopic (exact) mass is 263 g/mol. The van der Waals surface area contributed by atoms with Crippen LogP contribution in [0.4, 0.5) is 5.69 Å². The third-order valence-corrected chi connectivity index (χ3v) is 3.49. The largest absolute Gasteiger partial charge is 0.379 e. The second-order valence-corrected chi connectivity index (χ2v) is 5.87. The number of hydrogen-bond donors (Lipinski definition) is 1. The summed E-state index contributed by atoms with van der Waals surface area (Å²) in [7, 11) is -3.17. The van der Waals surface area contributed by atoms with E-state index < -0.39 is 9.84 Å². The number of sulfone groups is 1. The Morgan fingerprint density at radius 3 is 2.78 bits per heavy atom. The molecule has 1 aromatic heterocycles. The maximum Gasteiger partial charge on any atom is 0.175 e. The molecule has 2 aromatic rings. The molecule has 5 nitrogen and oxygen atoms in total. The zero-order valence-corrected chi connectivity index (χ0v) is 10.7. The lowest BCUT2D eigenvalue weighted by Gasteiger charge is -2.07. The van der Waals surface area contributed by atoms with Crippen LogP contribution in [0.25, 0.3) is 0 Å². The summed E-state index contributed by atoms with van der Waals surface area (Å²) in [6, 6.07) is 8.50. The molecule has 0 amide bonds. The van der Waals surface area contributed by atoms with E-state index in [4.69, 9.17) is 0 Å². The van der Waals surface area contributed by atoms with Gasteiger partial charge in [-0.2, -0.15) is 0 Å². The second-order valence-electron chi connectivity index (χ2n) is 3.85. The van der Waals surface area contributed by atoms with E-state index in [2.05, 4.69) is 15.3 Å². The van der Waals surface area contributed by atoms with Crippen molar-refractivity contribution in [2.45, 2.75) is 11.4 Å². The summed E-state index contributed by atoms with van der Waals surface area (Å²) < 4.78 is 22.8. The van der Waals surface area contributed by atoms with E-state index in [0.29, 0.717) is 11.4 Å². The van der Waals surface area contributed by atoms with Gasteiger partial charge in [0.2, 0.25) is 0 Å². The van der Waals surface area contributed by atoms with Crippen LogP contribution >= 0.6 is 0 Å². The van der Waals surface area contributed by atoms with Crippen LogP contribution in [0, 0.1) is 0 Å². The Morgan fingerprint density at radius 1 is 1.28 bits per heavy atom. The van der Waals surface area contributed by atoms with E-state index in [-0.39, 0.29) is 0 Å². The summed E-state index contributed by atoms with van der Waals surface area (Å²) in [6.07, 6.45) is 4.33. The van der Waals surface area contributed by atoms with Crippen molar-refractivity contribution in [2.75, 3.05) is 11.6 Å². The molecule has 0 aliphatic rings. The van der Waals surface area contributed by atoms with E-state index in [1.165, 1.54) is 12.6 Å². The molecule has 0 saturated heterocycles. The molecular formula is C12H13N3O2S. The van der Waals surface area contributed by atoms with Crippen LogP contribution in [0.1, 0.15) is 5.69 Å². The van der Waals surface area contributed by atoms with Crippen molar-refractivity contribution in [3.8, 4) is 0 Å². The summed E-state index contributed by atoms with van der Waals surface area (Å²) in [4.78, 5) is 8.20. The smallest absolute Gasteiger partial charge is 0.175 e. The van der Waals surface area contributed by atoms with Crippen molar-refractivity contribution >= 4 is 15.5 Å². The molecular weight excluding hydrogens is 250 g/mol. The van der Waals surface area contributed by atoms with E-state index in [9.17, 15) is 8.42 Å². The number of rotatable bonds is 4. The highest BCUT2D eigenvalue weighted by Gasteiger charge is 2.06. The van der Waals surface area contributed by atoms with Crippen LogP contribution in [0.2, 0.25) is 0 Å². The van der Waals surface area contributed by atoms with Crippen LogP contribution in [0.5, 0.6) is 0 Å². The summed E-state index contributed by atoms with van der Waals surface area (Å²) in [5.74, 6) is 0. The number of nitrogens with one attached hydrogen (secondary N) is 1. The van der Waals surface area contributed by atoms with Gasteiger partial charge in [-0.15, -0.1) is 0 Å². The molecule has 0 radical (unpaired) electrons. The Kier molecular flexibility index (Phi) is 3.57. The van der Waals surface area contributed by atoms with E-state index >= 15 is 0 Å². The fraction of sp³-hybridized carbons (Fsp3) is 0.167. The SMILES string of the molecule is CS(=O)(=O)c1cccc(NCc2ccncn2)c1. The lowest BCUT2D eigenvalue weighted by Crippen LogP contribution is -2.03. The molecule has 0 fully saturated rings. The topological polar surface area (TPSA) is 72.0 Å². The average Bonchev–Trinajstić information content (AvgIpc) is 2.37. The van der Waals surface area contributed by atoms with Crippen LogP contribution in [-0.2, 0) is 16.4 Å². The zero-order valence-electron chi connectivity index (χ0n) is 9.87. The van der Waals surface area contributed by atoms with E-state index in [1.54, 1.807) is 30.5 Å². The van der Waals surface area contributed by atoms with Crippen LogP contribution < -0.4 is 5.32 Å². The maximum atomic E-state index is 11.4. The number of hydrogen-bond acceptors (Lipinski definition) is 5. The van der Waals surface area contributed by atoms with Crippen molar-refractivity contribution in [1.29, 1.82) is 0 Å². The molecule has 0 aliphatic carbocycles. The summed E-state index contributed by atoms with van der Waals surface area (Å²) in [5, 5.41) is 3.12. The maximum absolute atomic E-state index is 11.4. The first-order chi connectivity index (χ1) is 8.55. The molecule has 2 rings (SSSR count). The zero-order chi connectivity index (χ0) is 13.0. The van der Waals surface area contributed by atoms with Crippen LogP contribution in [0.3, 0.4) is 0 Å². The van der Waals surface area contributed by atoms with Crippen LogP contribution in [0.15, 0.2) is 47.8 Å². The first-order valence-corrected chi connectivity index (χ1v) is 7.24. The van der Waals surface area contributed by atoms with Gasteiger partial charge in [-0.1, -0.05) is 6.07 Å². The standard InChI is InChI=1S/C12H13N3O2S/c1-18(16,17)12-4-2-3-10(7-12)14-8-11-5-6-13-9-15-11/h2-7,9,14H,8H2,1H3. The number of benzene rings is 1. The molecule has 0 saturated carbocycles. The Labute approximate surface area is 106 Å². The third kappa shape index (κ3) is 3.27. The fourth-order valence-corrected chi connectivity index (χ4v) is 2.12. The Morgan fingerprint density at radius 2 is 2.11 bits per heavy atom. The van der Waals surface area contributed by atoms with Gasteiger partial charge in [0.05, 0.1) is 17.1 Å². The van der Waals surface area contributed by atoms with Crippen molar-refractivity contribution in [3.63, 3.8) is 0 Å². The van der Waals surface area contributed by atoms with Gasteiger partial charge in [0, 0.05) is 18.1 Å². The van der Waals surface area contributed by atoms with E-state index in [0.717, 1.165) is 11.4 Å². The minimum atomic E-state index is -3.17.